The summed E-state index contributed by atoms with van der Waals surface area (Å²) in [7, 11) is 0. The van der Waals surface area contributed by atoms with Crippen molar-refractivity contribution in [3.63, 3.8) is 0 Å². The molecule has 0 aliphatic heterocycles. The van der Waals surface area contributed by atoms with Crippen LogP contribution < -0.4 is 5.32 Å². The third-order valence-electron chi connectivity index (χ3n) is 4.27. The summed E-state index contributed by atoms with van der Waals surface area (Å²) >= 11 is 0. The van der Waals surface area contributed by atoms with Gasteiger partial charge >= 0.3 is 17.9 Å². The molecule has 0 aromatic heterocycles. The van der Waals surface area contributed by atoms with Crippen LogP contribution in [0.25, 0.3) is 0 Å². The zero-order valence-electron chi connectivity index (χ0n) is 16.1. The molecular formula is C18H31NO7. The Balaban J connectivity index is 4.65. The smallest absolute Gasteiger partial charge is 0.325 e. The van der Waals surface area contributed by atoms with E-state index in [2.05, 4.69) is 5.32 Å². The van der Waals surface area contributed by atoms with E-state index in [4.69, 9.17) is 9.47 Å². The van der Waals surface area contributed by atoms with Crippen molar-refractivity contribution in [2.75, 3.05) is 6.61 Å². The molecule has 8 heteroatoms. The van der Waals surface area contributed by atoms with Gasteiger partial charge in [-0.2, -0.15) is 0 Å². The van der Waals surface area contributed by atoms with Crippen molar-refractivity contribution < 1.29 is 33.8 Å². The van der Waals surface area contributed by atoms with Crippen LogP contribution in [0.2, 0.25) is 0 Å². The maximum absolute atomic E-state index is 12.4. The van der Waals surface area contributed by atoms with Crippen molar-refractivity contribution in [1.29, 1.82) is 0 Å². The minimum absolute atomic E-state index is 0.101. The van der Waals surface area contributed by atoms with E-state index in [0.29, 0.717) is 38.7 Å². The summed E-state index contributed by atoms with van der Waals surface area (Å²) in [6, 6.07) is 0. The van der Waals surface area contributed by atoms with Crippen LogP contribution in [-0.2, 0) is 28.7 Å². The van der Waals surface area contributed by atoms with E-state index in [-0.39, 0.29) is 24.7 Å². The van der Waals surface area contributed by atoms with Gasteiger partial charge in [0.1, 0.15) is 0 Å². The predicted octanol–water partition coefficient (Wildman–Crippen LogP) is 2.40. The molecule has 1 amide bonds. The summed E-state index contributed by atoms with van der Waals surface area (Å²) in [5.41, 5.74) is -1.61. The number of nitrogens with one attached hydrogen (secondary N) is 1. The predicted molar refractivity (Wildman–Crippen MR) is 94.1 cm³/mol. The molecule has 0 aliphatic carbocycles. The number of rotatable bonds is 13. The molecule has 0 bridgehead atoms. The molecule has 2 N–H and O–H groups in total. The fourth-order valence-corrected chi connectivity index (χ4v) is 2.57. The number of amides is 1. The van der Waals surface area contributed by atoms with Gasteiger partial charge in [-0.25, -0.2) is 0 Å². The van der Waals surface area contributed by atoms with Gasteiger partial charge in [-0.3, -0.25) is 19.2 Å². The second-order valence-electron chi connectivity index (χ2n) is 6.09. The number of carbonyl (C=O) groups is 4. The van der Waals surface area contributed by atoms with Crippen LogP contribution in [0.5, 0.6) is 0 Å². The molecule has 0 spiro atoms. The Kier molecular flexibility index (Phi) is 11.3. The molecule has 0 heterocycles. The minimum Gasteiger partial charge on any atom is -0.480 e. The lowest BCUT2D eigenvalue weighted by molar-refractivity contribution is -0.175. The van der Waals surface area contributed by atoms with E-state index in [1.54, 1.807) is 20.8 Å². The Labute approximate surface area is 154 Å². The average Bonchev–Trinajstić information content (AvgIpc) is 2.55. The van der Waals surface area contributed by atoms with E-state index < -0.39 is 23.6 Å². The molecule has 0 saturated carbocycles. The molecule has 1 unspecified atom stereocenters. The van der Waals surface area contributed by atoms with Crippen molar-refractivity contribution in [1.82, 2.24) is 5.32 Å². The van der Waals surface area contributed by atoms with Crippen LogP contribution in [0.4, 0.5) is 0 Å². The van der Waals surface area contributed by atoms with Gasteiger partial charge < -0.3 is 19.9 Å². The third-order valence-corrected chi connectivity index (χ3v) is 4.27. The van der Waals surface area contributed by atoms with Crippen molar-refractivity contribution in [3.8, 4) is 0 Å². The van der Waals surface area contributed by atoms with E-state index in [1.807, 2.05) is 0 Å². The Bertz CT molecular complexity index is 486. The number of esters is 2. The first-order valence-corrected chi connectivity index (χ1v) is 9.10. The van der Waals surface area contributed by atoms with Crippen LogP contribution in [-0.4, -0.2) is 41.8 Å². The van der Waals surface area contributed by atoms with E-state index in [0.717, 1.165) is 0 Å². The fourth-order valence-electron chi connectivity index (χ4n) is 2.57. The summed E-state index contributed by atoms with van der Waals surface area (Å²) in [6.45, 7) is 6.61. The first-order chi connectivity index (χ1) is 12.2. The number of ether oxygens (including phenoxy) is 2. The van der Waals surface area contributed by atoms with Crippen molar-refractivity contribution in [2.24, 2.45) is 5.41 Å². The van der Waals surface area contributed by atoms with Crippen molar-refractivity contribution in [3.05, 3.63) is 0 Å². The number of hydrogen-bond acceptors (Lipinski definition) is 6. The number of carboxylic acids is 1. The number of carboxylic acid groups (broad SMARTS) is 1. The van der Waals surface area contributed by atoms with Gasteiger partial charge in [0.25, 0.3) is 0 Å². The quantitative estimate of drug-likeness (QED) is 0.220. The molecule has 0 radical (unpaired) electrons. The van der Waals surface area contributed by atoms with E-state index in [1.165, 1.54) is 6.92 Å². The van der Waals surface area contributed by atoms with Crippen LogP contribution >= 0.6 is 0 Å². The summed E-state index contributed by atoms with van der Waals surface area (Å²) in [4.78, 5) is 46.5. The average molecular weight is 373 g/mol. The second-order valence-corrected chi connectivity index (χ2v) is 6.09. The van der Waals surface area contributed by atoms with Crippen LogP contribution in [0.15, 0.2) is 0 Å². The van der Waals surface area contributed by atoms with Gasteiger partial charge in [-0.1, -0.05) is 20.3 Å². The molecule has 0 fully saturated rings. The summed E-state index contributed by atoms with van der Waals surface area (Å²) < 4.78 is 10.1. The molecule has 8 nitrogen and oxygen atoms in total. The Morgan fingerprint density at radius 1 is 1.04 bits per heavy atom. The van der Waals surface area contributed by atoms with Crippen molar-refractivity contribution >= 4 is 23.8 Å². The van der Waals surface area contributed by atoms with Crippen LogP contribution in [0.1, 0.15) is 72.6 Å². The van der Waals surface area contributed by atoms with Crippen LogP contribution in [0.3, 0.4) is 0 Å². The molecule has 0 aliphatic rings. The van der Waals surface area contributed by atoms with Gasteiger partial charge in [-0.15, -0.1) is 0 Å². The largest absolute Gasteiger partial charge is 0.480 e. The summed E-state index contributed by atoms with van der Waals surface area (Å²) in [5, 5.41) is 11.9. The van der Waals surface area contributed by atoms with E-state index in [9.17, 15) is 24.3 Å². The van der Waals surface area contributed by atoms with Gasteiger partial charge in [0.15, 0.2) is 11.6 Å². The fraction of sp³-hybridized carbons (Fsp3) is 0.778. The normalized spacial score (nSPS) is 12.2. The lowest BCUT2D eigenvalue weighted by Crippen LogP contribution is -2.45. The molecule has 150 valence electrons. The number of aliphatic carboxylic acids is 1. The highest BCUT2D eigenvalue weighted by Gasteiger charge is 2.45. The maximum atomic E-state index is 12.4. The zero-order chi connectivity index (χ0) is 20.2. The highest BCUT2D eigenvalue weighted by Crippen LogP contribution is 2.29. The third kappa shape index (κ3) is 7.84. The second kappa shape index (κ2) is 12.3. The monoisotopic (exact) mass is 373 g/mol. The SMILES string of the molecule is CCOC(=O)CCCCCC(NC(C)=O)OC(=O)C(CC)(CC)C(=O)O. The lowest BCUT2D eigenvalue weighted by Gasteiger charge is -2.27. The first kappa shape index (κ1) is 23.9. The molecular weight excluding hydrogens is 342 g/mol. The standard InChI is InChI=1S/C18H31NO7/c1-5-18(6-2,16(22)23)17(24)26-14(19-13(4)20)11-9-8-10-12-15(21)25-7-3/h14H,5-12H2,1-4H3,(H,19,20)(H,22,23). The van der Waals surface area contributed by atoms with Gasteiger partial charge in [-0.05, 0) is 32.6 Å². The van der Waals surface area contributed by atoms with Crippen molar-refractivity contribution in [2.45, 2.75) is 78.9 Å². The van der Waals surface area contributed by atoms with Gasteiger partial charge in [0, 0.05) is 19.8 Å². The van der Waals surface area contributed by atoms with E-state index >= 15 is 0 Å². The maximum Gasteiger partial charge on any atom is 0.325 e. The summed E-state index contributed by atoms with van der Waals surface area (Å²) in [6.07, 6.45) is 1.90. The molecule has 1 atom stereocenters. The Morgan fingerprint density at radius 3 is 2.12 bits per heavy atom. The molecule has 0 aromatic rings. The summed E-state index contributed by atoms with van der Waals surface area (Å²) in [5.74, 6) is -2.71. The zero-order valence-corrected chi connectivity index (χ0v) is 16.1. The lowest BCUT2D eigenvalue weighted by atomic mass is 9.82. The highest BCUT2D eigenvalue weighted by molar-refractivity contribution is 5.99. The van der Waals surface area contributed by atoms with Gasteiger partial charge in [0.2, 0.25) is 5.91 Å². The highest BCUT2D eigenvalue weighted by atomic mass is 16.6. The molecule has 0 saturated heterocycles. The number of carbonyl (C=O) groups excluding carboxylic acids is 3. The van der Waals surface area contributed by atoms with Gasteiger partial charge in [0.05, 0.1) is 6.61 Å². The molecule has 26 heavy (non-hydrogen) atoms. The first-order valence-electron chi connectivity index (χ1n) is 9.10. The number of hydrogen-bond donors (Lipinski definition) is 2. The minimum atomic E-state index is -1.61. The molecule has 0 rings (SSSR count). The van der Waals surface area contributed by atoms with Crippen LogP contribution in [0, 0.1) is 5.41 Å². The Hall–Kier alpha value is -2.12. The number of unbranched alkanes of at least 4 members (excludes halogenated alkanes) is 2. The molecule has 0 aromatic carbocycles. The topological polar surface area (TPSA) is 119 Å². The Morgan fingerprint density at radius 2 is 1.65 bits per heavy atom.